The van der Waals surface area contributed by atoms with Crippen molar-refractivity contribution in [1.29, 1.82) is 0 Å². The van der Waals surface area contributed by atoms with E-state index in [0.717, 1.165) is 50.5 Å². The van der Waals surface area contributed by atoms with Gasteiger partial charge in [0.1, 0.15) is 0 Å². The SMILES string of the molecule is [CH2]C(COC(=O)CCN1CCN(C)CC1)COC(=O)CC12CC3CC(CC(C3)C1)C2. The number of carbonyl (C=O) groups is 2. The minimum absolute atomic E-state index is 0.0907. The van der Waals surface area contributed by atoms with E-state index in [1.165, 1.54) is 38.5 Å². The largest absolute Gasteiger partial charge is 0.465 e. The lowest BCUT2D eigenvalue weighted by Crippen LogP contribution is -2.47. The number of nitrogens with zero attached hydrogens (tertiary/aromatic N) is 2. The number of ether oxygens (including phenoxy) is 2. The van der Waals surface area contributed by atoms with E-state index in [4.69, 9.17) is 9.47 Å². The van der Waals surface area contributed by atoms with E-state index in [-0.39, 0.29) is 36.5 Å². The Hall–Kier alpha value is -1.14. The van der Waals surface area contributed by atoms with Gasteiger partial charge < -0.3 is 19.3 Å². The molecule has 1 atom stereocenters. The zero-order chi connectivity index (χ0) is 21.1. The lowest BCUT2D eigenvalue weighted by Gasteiger charge is -2.56. The van der Waals surface area contributed by atoms with Gasteiger partial charge in [0, 0.05) is 38.6 Å². The molecule has 1 saturated heterocycles. The molecule has 1 unspecified atom stereocenters. The minimum atomic E-state index is -0.210. The molecule has 0 aromatic rings. The van der Waals surface area contributed by atoms with Gasteiger partial charge in [-0.25, -0.2) is 0 Å². The molecule has 0 aromatic heterocycles. The Bertz CT molecular complexity index is 579. The number of carbonyl (C=O) groups excluding carboxylic acids is 2. The van der Waals surface area contributed by atoms with E-state index in [1.54, 1.807) is 0 Å². The molecule has 30 heavy (non-hydrogen) atoms. The second kappa shape index (κ2) is 9.56. The van der Waals surface area contributed by atoms with E-state index in [9.17, 15) is 9.59 Å². The number of piperazine rings is 1. The maximum Gasteiger partial charge on any atom is 0.307 e. The molecular weight excluding hydrogens is 380 g/mol. The molecule has 169 valence electrons. The molecule has 4 bridgehead atoms. The molecule has 4 saturated carbocycles. The van der Waals surface area contributed by atoms with Crippen LogP contribution in [-0.2, 0) is 19.1 Å². The maximum absolute atomic E-state index is 12.5. The zero-order valence-corrected chi connectivity index (χ0v) is 18.7. The van der Waals surface area contributed by atoms with Crippen molar-refractivity contribution in [2.24, 2.45) is 29.1 Å². The van der Waals surface area contributed by atoms with Crippen LogP contribution in [0.3, 0.4) is 0 Å². The summed E-state index contributed by atoms with van der Waals surface area (Å²) in [5.41, 5.74) is 0.207. The van der Waals surface area contributed by atoms with Crippen LogP contribution < -0.4 is 0 Å². The van der Waals surface area contributed by atoms with E-state index in [1.807, 2.05) is 0 Å². The van der Waals surface area contributed by atoms with Crippen LogP contribution in [0.4, 0.5) is 0 Å². The standard InChI is InChI=1S/C24H39N2O4/c1-18(16-29-22(27)3-4-26-7-5-25(2)6-8-26)17-30-23(28)15-24-12-19-9-20(13-24)11-21(10-19)14-24/h18-21H,1,3-17H2,2H3. The first-order valence-electron chi connectivity index (χ1n) is 11.9. The fourth-order valence-electron chi connectivity index (χ4n) is 6.73. The van der Waals surface area contributed by atoms with Gasteiger partial charge in [-0.3, -0.25) is 9.59 Å². The number of hydrogen-bond acceptors (Lipinski definition) is 6. The first kappa shape index (κ1) is 22.1. The zero-order valence-electron chi connectivity index (χ0n) is 18.7. The maximum atomic E-state index is 12.5. The Morgan fingerprint density at radius 1 is 0.933 bits per heavy atom. The van der Waals surface area contributed by atoms with Gasteiger partial charge in [-0.1, -0.05) is 0 Å². The van der Waals surface area contributed by atoms with Gasteiger partial charge in [0.15, 0.2) is 0 Å². The first-order chi connectivity index (χ1) is 14.4. The Balaban J connectivity index is 1.09. The summed E-state index contributed by atoms with van der Waals surface area (Å²) in [4.78, 5) is 29.1. The molecule has 6 nitrogen and oxygen atoms in total. The summed E-state index contributed by atoms with van der Waals surface area (Å²) < 4.78 is 10.9. The highest BCUT2D eigenvalue weighted by atomic mass is 16.5. The molecule has 4 aliphatic carbocycles. The molecule has 5 aliphatic rings. The van der Waals surface area contributed by atoms with E-state index in [0.29, 0.717) is 12.8 Å². The Kier molecular flexibility index (Phi) is 7.03. The summed E-state index contributed by atoms with van der Waals surface area (Å²) in [7, 11) is 2.12. The molecular formula is C24H39N2O4. The van der Waals surface area contributed by atoms with Crippen LogP contribution in [0.15, 0.2) is 0 Å². The summed E-state index contributed by atoms with van der Waals surface area (Å²) in [5, 5.41) is 0. The molecule has 1 radical (unpaired) electrons. The number of hydrogen-bond donors (Lipinski definition) is 0. The van der Waals surface area contributed by atoms with Crippen molar-refractivity contribution in [3.8, 4) is 0 Å². The average Bonchev–Trinajstić information content (AvgIpc) is 2.69. The Morgan fingerprint density at radius 3 is 2.03 bits per heavy atom. The molecule has 0 N–H and O–H groups in total. The molecule has 1 aliphatic heterocycles. The fourth-order valence-corrected chi connectivity index (χ4v) is 6.73. The van der Waals surface area contributed by atoms with Gasteiger partial charge in [-0.15, -0.1) is 0 Å². The fraction of sp³-hybridized carbons (Fsp3) is 0.875. The monoisotopic (exact) mass is 419 g/mol. The van der Waals surface area contributed by atoms with Gasteiger partial charge in [0.25, 0.3) is 0 Å². The summed E-state index contributed by atoms with van der Waals surface area (Å²) in [5.74, 6) is 2.03. The summed E-state index contributed by atoms with van der Waals surface area (Å²) in [6.07, 6.45) is 8.77. The minimum Gasteiger partial charge on any atom is -0.465 e. The smallest absolute Gasteiger partial charge is 0.307 e. The van der Waals surface area contributed by atoms with Gasteiger partial charge in [0.2, 0.25) is 0 Å². The molecule has 0 amide bonds. The van der Waals surface area contributed by atoms with Crippen molar-refractivity contribution in [2.75, 3.05) is 53.0 Å². The van der Waals surface area contributed by atoms with Crippen LogP contribution in [0.2, 0.25) is 0 Å². The lowest BCUT2D eigenvalue weighted by atomic mass is 9.49. The topological polar surface area (TPSA) is 59.1 Å². The second-order valence-corrected chi connectivity index (χ2v) is 10.7. The van der Waals surface area contributed by atoms with Crippen LogP contribution in [0, 0.1) is 36.0 Å². The second-order valence-electron chi connectivity index (χ2n) is 10.7. The number of esters is 2. The van der Waals surface area contributed by atoms with Gasteiger partial charge in [0.05, 0.1) is 26.1 Å². The van der Waals surface area contributed by atoms with Crippen LogP contribution in [0.1, 0.15) is 51.4 Å². The quantitative estimate of drug-likeness (QED) is 0.536. The number of likely N-dealkylation sites (N-methyl/N-ethyl adjacent to an activating group) is 1. The van der Waals surface area contributed by atoms with Crippen LogP contribution in [0.5, 0.6) is 0 Å². The van der Waals surface area contributed by atoms with E-state index >= 15 is 0 Å². The van der Waals surface area contributed by atoms with Crippen LogP contribution in [0.25, 0.3) is 0 Å². The normalized spacial score (nSPS) is 34.7. The predicted octanol–water partition coefficient (Wildman–Crippen LogP) is 2.77. The molecule has 0 spiro atoms. The molecule has 5 fully saturated rings. The van der Waals surface area contributed by atoms with Crippen molar-refractivity contribution in [1.82, 2.24) is 9.80 Å². The predicted molar refractivity (Wildman–Crippen MR) is 115 cm³/mol. The third-order valence-electron chi connectivity index (χ3n) is 7.87. The highest BCUT2D eigenvalue weighted by Gasteiger charge is 2.51. The Labute approximate surface area is 181 Å². The third-order valence-corrected chi connectivity index (χ3v) is 7.87. The van der Waals surface area contributed by atoms with Gasteiger partial charge in [-0.05, 0) is 75.7 Å². The van der Waals surface area contributed by atoms with Crippen molar-refractivity contribution < 1.29 is 19.1 Å². The first-order valence-corrected chi connectivity index (χ1v) is 11.9. The average molecular weight is 420 g/mol. The molecule has 0 aromatic carbocycles. The van der Waals surface area contributed by atoms with Crippen molar-refractivity contribution in [3.63, 3.8) is 0 Å². The van der Waals surface area contributed by atoms with Gasteiger partial charge in [-0.2, -0.15) is 0 Å². The third kappa shape index (κ3) is 5.76. The summed E-state index contributed by atoms with van der Waals surface area (Å²) >= 11 is 0. The van der Waals surface area contributed by atoms with Crippen LogP contribution >= 0.6 is 0 Å². The molecule has 6 heteroatoms. The number of rotatable bonds is 9. The lowest BCUT2D eigenvalue weighted by molar-refractivity contribution is -0.154. The summed E-state index contributed by atoms with van der Waals surface area (Å²) in [6, 6.07) is 0. The Morgan fingerprint density at radius 2 is 1.47 bits per heavy atom. The van der Waals surface area contributed by atoms with E-state index < -0.39 is 0 Å². The van der Waals surface area contributed by atoms with Crippen molar-refractivity contribution in [3.05, 3.63) is 6.92 Å². The van der Waals surface area contributed by atoms with Gasteiger partial charge >= 0.3 is 11.9 Å². The highest BCUT2D eigenvalue weighted by molar-refractivity contribution is 5.70. The summed E-state index contributed by atoms with van der Waals surface area (Å²) in [6.45, 7) is 9.28. The highest BCUT2D eigenvalue weighted by Crippen LogP contribution is 2.61. The van der Waals surface area contributed by atoms with Crippen LogP contribution in [-0.4, -0.2) is 74.7 Å². The molecule has 5 rings (SSSR count). The molecule has 1 heterocycles. The van der Waals surface area contributed by atoms with Crippen molar-refractivity contribution in [2.45, 2.75) is 51.4 Å². The van der Waals surface area contributed by atoms with E-state index in [2.05, 4.69) is 23.8 Å². The van der Waals surface area contributed by atoms with Crippen molar-refractivity contribution >= 4 is 11.9 Å².